The molecule has 0 saturated heterocycles. The zero-order valence-corrected chi connectivity index (χ0v) is 15.4. The Morgan fingerprint density at radius 2 is 1.59 bits per heavy atom. The number of benzene rings is 2. The lowest BCUT2D eigenvalue weighted by Crippen LogP contribution is -2.30. The quantitative estimate of drug-likeness (QED) is 0.694. The molecule has 27 heavy (non-hydrogen) atoms. The maximum absolute atomic E-state index is 12.6. The van der Waals surface area contributed by atoms with E-state index in [1.807, 2.05) is 48.5 Å². The Morgan fingerprint density at radius 3 is 2.15 bits per heavy atom. The van der Waals surface area contributed by atoms with Crippen molar-refractivity contribution in [3.05, 3.63) is 89.7 Å². The Morgan fingerprint density at radius 1 is 0.963 bits per heavy atom. The first-order chi connectivity index (χ1) is 13.2. The Hall–Kier alpha value is -3.34. The van der Waals surface area contributed by atoms with Gasteiger partial charge >= 0.3 is 0 Å². The van der Waals surface area contributed by atoms with E-state index in [-0.39, 0.29) is 11.9 Å². The predicted molar refractivity (Wildman–Crippen MR) is 104 cm³/mol. The van der Waals surface area contributed by atoms with Gasteiger partial charge in [0, 0.05) is 12.4 Å². The summed E-state index contributed by atoms with van der Waals surface area (Å²) in [5, 5.41) is 3.11. The zero-order chi connectivity index (χ0) is 19.1. The molecule has 2 aromatic carbocycles. The number of aromatic nitrogens is 1. The third-order valence-corrected chi connectivity index (χ3v) is 4.35. The molecule has 0 aliphatic heterocycles. The van der Waals surface area contributed by atoms with Gasteiger partial charge in [-0.25, -0.2) is 0 Å². The van der Waals surface area contributed by atoms with Crippen LogP contribution in [0.3, 0.4) is 0 Å². The van der Waals surface area contributed by atoms with Crippen LogP contribution in [0.2, 0.25) is 0 Å². The van der Waals surface area contributed by atoms with Gasteiger partial charge in [0.2, 0.25) is 0 Å². The number of nitrogens with one attached hydrogen (secondary N) is 1. The molecule has 1 amide bonds. The van der Waals surface area contributed by atoms with E-state index in [9.17, 15) is 4.79 Å². The maximum Gasteiger partial charge on any atom is 0.253 e. The summed E-state index contributed by atoms with van der Waals surface area (Å²) >= 11 is 0. The molecule has 0 aliphatic rings. The van der Waals surface area contributed by atoms with Crippen LogP contribution in [-0.4, -0.2) is 25.1 Å². The van der Waals surface area contributed by atoms with Crippen molar-refractivity contribution in [1.29, 1.82) is 0 Å². The smallest absolute Gasteiger partial charge is 0.253 e. The second-order valence-electron chi connectivity index (χ2n) is 6.09. The average molecular weight is 362 g/mol. The van der Waals surface area contributed by atoms with E-state index in [0.717, 1.165) is 22.6 Å². The molecule has 1 unspecified atom stereocenters. The normalized spacial score (nSPS) is 11.5. The van der Waals surface area contributed by atoms with Crippen molar-refractivity contribution in [2.24, 2.45) is 0 Å². The molecular weight excluding hydrogens is 340 g/mol. The highest BCUT2D eigenvalue weighted by molar-refractivity contribution is 5.94. The molecular formula is C22H22N2O3. The molecule has 0 radical (unpaired) electrons. The lowest BCUT2D eigenvalue weighted by atomic mass is 9.98. The Kier molecular flexibility index (Phi) is 6.05. The van der Waals surface area contributed by atoms with Gasteiger partial charge in [0.05, 0.1) is 25.8 Å². The maximum atomic E-state index is 12.6. The van der Waals surface area contributed by atoms with Crippen molar-refractivity contribution >= 4 is 5.91 Å². The summed E-state index contributed by atoms with van der Waals surface area (Å²) in [5.41, 5.74) is 2.64. The molecule has 0 fully saturated rings. The summed E-state index contributed by atoms with van der Waals surface area (Å²) in [6.07, 6.45) is 3.87. The fraction of sp³-hybridized carbons (Fsp3) is 0.182. The van der Waals surface area contributed by atoms with Gasteiger partial charge in [-0.05, 0) is 53.9 Å². The molecule has 1 N–H and O–H groups in total. The molecule has 0 bridgehead atoms. The monoisotopic (exact) mass is 362 g/mol. The molecule has 1 atom stereocenters. The van der Waals surface area contributed by atoms with Gasteiger partial charge in [-0.3, -0.25) is 9.78 Å². The van der Waals surface area contributed by atoms with Crippen LogP contribution in [-0.2, 0) is 6.42 Å². The van der Waals surface area contributed by atoms with Gasteiger partial charge in [-0.2, -0.15) is 0 Å². The minimum Gasteiger partial charge on any atom is -0.497 e. The molecule has 3 rings (SSSR count). The molecule has 138 valence electrons. The van der Waals surface area contributed by atoms with Crippen LogP contribution < -0.4 is 14.8 Å². The number of methoxy groups -OCH3 is 2. The van der Waals surface area contributed by atoms with E-state index in [1.165, 1.54) is 0 Å². The van der Waals surface area contributed by atoms with E-state index >= 15 is 0 Å². The van der Waals surface area contributed by atoms with Crippen molar-refractivity contribution in [3.8, 4) is 11.5 Å². The molecule has 5 nitrogen and oxygen atoms in total. The molecule has 0 saturated carbocycles. The number of nitrogens with zero attached hydrogens (tertiary/aromatic N) is 1. The molecule has 0 spiro atoms. The minimum absolute atomic E-state index is 0.155. The molecule has 1 aromatic heterocycles. The van der Waals surface area contributed by atoms with E-state index in [0.29, 0.717) is 12.0 Å². The average Bonchev–Trinajstić information content (AvgIpc) is 2.74. The highest BCUT2D eigenvalue weighted by atomic mass is 16.5. The number of hydrogen-bond donors (Lipinski definition) is 1. The van der Waals surface area contributed by atoms with Gasteiger partial charge in [0.15, 0.2) is 0 Å². The number of hydrogen-bond acceptors (Lipinski definition) is 4. The highest BCUT2D eigenvalue weighted by Crippen LogP contribution is 2.23. The topological polar surface area (TPSA) is 60.5 Å². The van der Waals surface area contributed by atoms with Crippen molar-refractivity contribution < 1.29 is 14.3 Å². The Labute approximate surface area is 159 Å². The molecule has 1 heterocycles. The third-order valence-electron chi connectivity index (χ3n) is 4.35. The van der Waals surface area contributed by atoms with Gasteiger partial charge in [-0.1, -0.05) is 24.3 Å². The third kappa shape index (κ3) is 4.85. The van der Waals surface area contributed by atoms with Crippen molar-refractivity contribution in [3.63, 3.8) is 0 Å². The van der Waals surface area contributed by atoms with Crippen LogP contribution in [0.5, 0.6) is 11.5 Å². The van der Waals surface area contributed by atoms with Gasteiger partial charge in [0.1, 0.15) is 11.5 Å². The van der Waals surface area contributed by atoms with Crippen LogP contribution in [0.25, 0.3) is 0 Å². The first kappa shape index (κ1) is 18.5. The summed E-state index contributed by atoms with van der Waals surface area (Å²) in [6.45, 7) is 0. The van der Waals surface area contributed by atoms with E-state index in [2.05, 4.69) is 10.3 Å². The number of rotatable bonds is 7. The van der Waals surface area contributed by atoms with Crippen LogP contribution in [0.15, 0.2) is 73.1 Å². The molecule has 0 aliphatic carbocycles. The SMILES string of the molecule is COc1ccc(CC(NC(=O)c2cccnc2)c2ccc(OC)cc2)cc1. The van der Waals surface area contributed by atoms with Crippen LogP contribution in [0.4, 0.5) is 0 Å². The first-order valence-electron chi connectivity index (χ1n) is 8.67. The second-order valence-corrected chi connectivity index (χ2v) is 6.09. The second kappa shape index (κ2) is 8.85. The molecule has 5 heteroatoms. The van der Waals surface area contributed by atoms with Crippen LogP contribution in [0, 0.1) is 0 Å². The van der Waals surface area contributed by atoms with Crippen molar-refractivity contribution in [2.45, 2.75) is 12.5 Å². The largest absolute Gasteiger partial charge is 0.497 e. The van der Waals surface area contributed by atoms with E-state index in [1.54, 1.807) is 38.7 Å². The number of pyridine rings is 1. The number of carbonyl (C=O) groups is 1. The van der Waals surface area contributed by atoms with Crippen molar-refractivity contribution in [2.75, 3.05) is 14.2 Å². The van der Waals surface area contributed by atoms with Gasteiger partial charge in [-0.15, -0.1) is 0 Å². The number of amides is 1. The minimum atomic E-state index is -0.183. The fourth-order valence-electron chi connectivity index (χ4n) is 2.82. The van der Waals surface area contributed by atoms with E-state index < -0.39 is 0 Å². The fourth-order valence-corrected chi connectivity index (χ4v) is 2.82. The zero-order valence-electron chi connectivity index (χ0n) is 15.4. The first-order valence-corrected chi connectivity index (χ1v) is 8.67. The summed E-state index contributed by atoms with van der Waals surface area (Å²) in [5.74, 6) is 1.43. The van der Waals surface area contributed by atoms with E-state index in [4.69, 9.17) is 9.47 Å². The summed E-state index contributed by atoms with van der Waals surface area (Å²) in [6, 6.07) is 18.9. The van der Waals surface area contributed by atoms with Gasteiger partial charge in [0.25, 0.3) is 5.91 Å². The molecule has 3 aromatic rings. The summed E-state index contributed by atoms with van der Waals surface area (Å²) in [7, 11) is 3.28. The summed E-state index contributed by atoms with van der Waals surface area (Å²) in [4.78, 5) is 16.7. The van der Waals surface area contributed by atoms with Gasteiger partial charge < -0.3 is 14.8 Å². The standard InChI is InChI=1S/C22H22N2O3/c1-26-19-9-5-16(6-10-19)14-21(17-7-11-20(27-2)12-8-17)24-22(25)18-4-3-13-23-15-18/h3-13,15,21H,14H2,1-2H3,(H,24,25). The van der Waals surface area contributed by atoms with Crippen LogP contribution >= 0.6 is 0 Å². The number of carbonyl (C=O) groups excluding carboxylic acids is 1. The Balaban J connectivity index is 1.83. The lowest BCUT2D eigenvalue weighted by molar-refractivity contribution is 0.0936. The Bertz CT molecular complexity index is 862. The van der Waals surface area contributed by atoms with Crippen LogP contribution in [0.1, 0.15) is 27.5 Å². The predicted octanol–water partition coefficient (Wildman–Crippen LogP) is 3.81. The lowest BCUT2D eigenvalue weighted by Gasteiger charge is -2.20. The number of ether oxygens (including phenoxy) is 2. The van der Waals surface area contributed by atoms with Crippen molar-refractivity contribution in [1.82, 2.24) is 10.3 Å². The highest BCUT2D eigenvalue weighted by Gasteiger charge is 2.17. The summed E-state index contributed by atoms with van der Waals surface area (Å²) < 4.78 is 10.4.